The third-order valence-corrected chi connectivity index (χ3v) is 5.54. The van der Waals surface area contributed by atoms with Crippen LogP contribution in [0.15, 0.2) is 12.2 Å². The van der Waals surface area contributed by atoms with E-state index in [9.17, 15) is 14.4 Å². The van der Waals surface area contributed by atoms with Gasteiger partial charge in [0.05, 0.1) is 12.5 Å². The molecule has 3 rings (SSSR count). The van der Waals surface area contributed by atoms with Crippen LogP contribution in [0.4, 0.5) is 0 Å². The summed E-state index contributed by atoms with van der Waals surface area (Å²) in [6.45, 7) is 5.53. The van der Waals surface area contributed by atoms with Gasteiger partial charge in [-0.05, 0) is 32.6 Å². The van der Waals surface area contributed by atoms with E-state index >= 15 is 0 Å². The van der Waals surface area contributed by atoms with Crippen LogP contribution in [0, 0.1) is 17.8 Å². The van der Waals surface area contributed by atoms with Gasteiger partial charge < -0.3 is 14.2 Å². The highest BCUT2D eigenvalue weighted by Gasteiger charge is 2.63. The maximum atomic E-state index is 12.0. The summed E-state index contributed by atoms with van der Waals surface area (Å²) in [5.41, 5.74) is 0.405. The van der Waals surface area contributed by atoms with Crippen LogP contribution in [0.3, 0.4) is 0 Å². The van der Waals surface area contributed by atoms with Crippen molar-refractivity contribution in [1.29, 1.82) is 0 Å². The fourth-order valence-corrected chi connectivity index (χ4v) is 4.29. The normalized spacial score (nSPS) is 31.7. The summed E-state index contributed by atoms with van der Waals surface area (Å²) in [6, 6.07) is 0. The zero-order chi connectivity index (χ0) is 18.0. The Balaban J connectivity index is 1.27. The summed E-state index contributed by atoms with van der Waals surface area (Å²) in [5.74, 6) is -0.0713. The van der Waals surface area contributed by atoms with Crippen molar-refractivity contribution >= 4 is 17.9 Å². The maximum absolute atomic E-state index is 12.0. The largest absolute Gasteiger partial charge is 0.462 e. The highest BCUT2D eigenvalue weighted by Crippen LogP contribution is 2.55. The van der Waals surface area contributed by atoms with Crippen molar-refractivity contribution in [3.05, 3.63) is 12.2 Å². The van der Waals surface area contributed by atoms with Gasteiger partial charge in [0.15, 0.2) is 0 Å². The molecule has 1 aliphatic heterocycles. The highest BCUT2D eigenvalue weighted by atomic mass is 16.6. The van der Waals surface area contributed by atoms with E-state index in [1.807, 2.05) is 0 Å². The van der Waals surface area contributed by atoms with Crippen molar-refractivity contribution in [1.82, 2.24) is 0 Å². The van der Waals surface area contributed by atoms with Crippen LogP contribution >= 0.6 is 0 Å². The van der Waals surface area contributed by atoms with Gasteiger partial charge in [-0.3, -0.25) is 9.59 Å². The lowest BCUT2D eigenvalue weighted by Crippen LogP contribution is -2.35. The smallest absolute Gasteiger partial charge is 0.333 e. The van der Waals surface area contributed by atoms with Crippen LogP contribution in [0.5, 0.6) is 0 Å². The molecule has 2 bridgehead atoms. The minimum atomic E-state index is -0.357. The van der Waals surface area contributed by atoms with Gasteiger partial charge in [0.1, 0.15) is 12.2 Å². The van der Waals surface area contributed by atoms with E-state index < -0.39 is 0 Å². The molecule has 6 nitrogen and oxygen atoms in total. The van der Waals surface area contributed by atoms with Gasteiger partial charge >= 0.3 is 17.9 Å². The Kier molecular flexibility index (Phi) is 5.45. The first-order valence-corrected chi connectivity index (χ1v) is 9.20. The van der Waals surface area contributed by atoms with Gasteiger partial charge in [-0.2, -0.15) is 0 Å². The van der Waals surface area contributed by atoms with Crippen LogP contribution in [0.2, 0.25) is 0 Å². The second-order valence-electron chi connectivity index (χ2n) is 7.44. The minimum Gasteiger partial charge on any atom is -0.462 e. The first kappa shape index (κ1) is 18.0. The number of rotatable bonds is 9. The van der Waals surface area contributed by atoms with E-state index in [1.54, 1.807) is 6.92 Å². The van der Waals surface area contributed by atoms with Crippen LogP contribution in [-0.4, -0.2) is 36.7 Å². The third-order valence-electron chi connectivity index (χ3n) is 5.54. The summed E-state index contributed by atoms with van der Waals surface area (Å²) < 4.78 is 16.0. The number of ether oxygens (including phenoxy) is 3. The quantitative estimate of drug-likeness (QED) is 0.275. The number of carbonyl (C=O) groups excluding carboxylic acids is 3. The van der Waals surface area contributed by atoms with E-state index in [0.29, 0.717) is 24.5 Å². The molecular weight excluding hydrogens is 324 g/mol. The predicted octanol–water partition coefficient (Wildman–Crippen LogP) is 2.55. The molecule has 0 spiro atoms. The second kappa shape index (κ2) is 7.58. The number of fused-ring (bicyclic) bond motifs is 1. The molecular formula is C19H26O6. The Morgan fingerprint density at radius 3 is 2.72 bits per heavy atom. The van der Waals surface area contributed by atoms with E-state index in [2.05, 4.69) is 6.58 Å². The molecule has 0 aromatic heterocycles. The molecule has 25 heavy (non-hydrogen) atoms. The summed E-state index contributed by atoms with van der Waals surface area (Å²) in [4.78, 5) is 34.9. The Bertz CT molecular complexity index is 568. The van der Waals surface area contributed by atoms with Gasteiger partial charge in [-0.1, -0.05) is 19.4 Å². The Morgan fingerprint density at radius 2 is 1.96 bits per heavy atom. The summed E-state index contributed by atoms with van der Waals surface area (Å²) >= 11 is 0. The van der Waals surface area contributed by atoms with Crippen LogP contribution in [-0.2, 0) is 28.6 Å². The zero-order valence-corrected chi connectivity index (χ0v) is 14.7. The van der Waals surface area contributed by atoms with Crippen molar-refractivity contribution < 1.29 is 28.6 Å². The molecule has 3 fully saturated rings. The van der Waals surface area contributed by atoms with Crippen LogP contribution in [0.25, 0.3) is 0 Å². The average Bonchev–Trinajstić information content (AvgIpc) is 3.18. The summed E-state index contributed by atoms with van der Waals surface area (Å²) in [7, 11) is 0. The molecule has 1 heterocycles. The summed E-state index contributed by atoms with van der Waals surface area (Å²) in [5, 5.41) is 0. The molecule has 0 amide bonds. The fourth-order valence-electron chi connectivity index (χ4n) is 4.29. The lowest BCUT2D eigenvalue weighted by atomic mass is 9.88. The number of esters is 3. The molecule has 0 aromatic rings. The topological polar surface area (TPSA) is 78.9 Å². The number of unbranched alkanes of at least 4 members (excludes halogenated alkanes) is 3. The van der Waals surface area contributed by atoms with Crippen LogP contribution < -0.4 is 0 Å². The SMILES string of the molecule is C=C(C)C(=O)OCCCCCCC(=O)OC1C2CC3C(=O)OC1C3C2. The molecule has 5 atom stereocenters. The molecule has 0 radical (unpaired) electrons. The fraction of sp³-hybridized carbons (Fsp3) is 0.737. The van der Waals surface area contributed by atoms with Gasteiger partial charge in [-0.25, -0.2) is 4.79 Å². The van der Waals surface area contributed by atoms with E-state index in [-0.39, 0.29) is 42.0 Å². The average molecular weight is 350 g/mol. The molecule has 0 N–H and O–H groups in total. The Hall–Kier alpha value is -1.85. The third kappa shape index (κ3) is 3.88. The molecule has 5 unspecified atom stereocenters. The first-order chi connectivity index (χ1) is 12.0. The van der Waals surface area contributed by atoms with Crippen molar-refractivity contribution in [2.24, 2.45) is 17.8 Å². The molecule has 2 saturated carbocycles. The Morgan fingerprint density at radius 1 is 1.20 bits per heavy atom. The van der Waals surface area contributed by atoms with Crippen molar-refractivity contribution in [2.45, 2.75) is 64.1 Å². The first-order valence-electron chi connectivity index (χ1n) is 9.20. The van der Waals surface area contributed by atoms with E-state index in [0.717, 1.165) is 38.5 Å². The number of carbonyl (C=O) groups is 3. The minimum absolute atomic E-state index is 0.0453. The van der Waals surface area contributed by atoms with Crippen molar-refractivity contribution in [3.63, 3.8) is 0 Å². The van der Waals surface area contributed by atoms with E-state index in [1.165, 1.54) is 0 Å². The van der Waals surface area contributed by atoms with Gasteiger partial charge in [-0.15, -0.1) is 0 Å². The number of hydrogen-bond donors (Lipinski definition) is 0. The monoisotopic (exact) mass is 350 g/mol. The lowest BCUT2D eigenvalue weighted by Gasteiger charge is -2.25. The molecule has 1 saturated heterocycles. The zero-order valence-electron chi connectivity index (χ0n) is 14.7. The van der Waals surface area contributed by atoms with Crippen molar-refractivity contribution in [3.8, 4) is 0 Å². The predicted molar refractivity (Wildman–Crippen MR) is 88.3 cm³/mol. The molecule has 138 valence electrons. The van der Waals surface area contributed by atoms with Crippen molar-refractivity contribution in [2.75, 3.05) is 6.61 Å². The molecule has 6 heteroatoms. The maximum Gasteiger partial charge on any atom is 0.333 e. The second-order valence-corrected chi connectivity index (χ2v) is 7.44. The van der Waals surface area contributed by atoms with E-state index in [4.69, 9.17) is 14.2 Å². The number of hydrogen-bond acceptors (Lipinski definition) is 6. The van der Waals surface area contributed by atoms with Crippen LogP contribution in [0.1, 0.15) is 51.9 Å². The van der Waals surface area contributed by atoms with Gasteiger partial charge in [0.25, 0.3) is 0 Å². The standard InChI is InChI=1S/C19H26O6/c1-11(2)18(21)23-8-6-4-3-5-7-15(20)24-16-12-9-13-14(10-12)19(22)25-17(13)16/h12-14,16-17H,1,3-10H2,2H3. The van der Waals surface area contributed by atoms with Gasteiger partial charge in [0.2, 0.25) is 0 Å². The molecule has 0 aromatic carbocycles. The van der Waals surface area contributed by atoms with Gasteiger partial charge in [0, 0.05) is 23.8 Å². The lowest BCUT2D eigenvalue weighted by molar-refractivity contribution is -0.161. The molecule has 2 aliphatic carbocycles. The summed E-state index contributed by atoms with van der Waals surface area (Å²) in [6.07, 6.45) is 5.00. The highest BCUT2D eigenvalue weighted by molar-refractivity contribution is 5.86. The molecule has 3 aliphatic rings. The Labute approximate surface area is 147 Å².